The fraction of sp³-hybridized carbons (Fsp3) is 0.917. The molecule has 0 radical (unpaired) electrons. The van der Waals surface area contributed by atoms with Gasteiger partial charge in [-0.1, -0.05) is 0 Å². The highest BCUT2D eigenvalue weighted by Crippen LogP contribution is 2.17. The summed E-state index contributed by atoms with van der Waals surface area (Å²) in [5.74, 6) is 0.701. The standard InChI is InChI=1S/C12H24N2O2S/c1-15-9-3-6-13-12(17)14-7-4-11(5-8-14)10-16-2/h11H,3-10H2,1-2H3,(H,13,17). The van der Waals surface area contributed by atoms with E-state index in [0.717, 1.165) is 44.4 Å². The third kappa shape index (κ3) is 5.66. The molecule has 0 amide bonds. The quantitative estimate of drug-likeness (QED) is 0.574. The summed E-state index contributed by atoms with van der Waals surface area (Å²) in [5.41, 5.74) is 0. The van der Waals surface area contributed by atoms with Crippen molar-refractivity contribution in [2.24, 2.45) is 5.92 Å². The SMILES string of the molecule is COCCCNC(=S)N1CCC(COC)CC1. The van der Waals surface area contributed by atoms with E-state index in [1.165, 1.54) is 12.8 Å². The molecule has 0 bridgehead atoms. The second kappa shape index (κ2) is 8.66. The molecule has 1 aliphatic rings. The molecule has 5 heteroatoms. The summed E-state index contributed by atoms with van der Waals surface area (Å²) < 4.78 is 10.2. The van der Waals surface area contributed by atoms with E-state index in [-0.39, 0.29) is 0 Å². The molecule has 0 aromatic carbocycles. The molecule has 4 nitrogen and oxygen atoms in total. The van der Waals surface area contributed by atoms with Crippen LogP contribution in [0.3, 0.4) is 0 Å². The van der Waals surface area contributed by atoms with Crippen LogP contribution in [0.1, 0.15) is 19.3 Å². The summed E-state index contributed by atoms with van der Waals surface area (Å²) in [7, 11) is 3.49. The number of nitrogens with one attached hydrogen (secondary N) is 1. The van der Waals surface area contributed by atoms with Gasteiger partial charge in [-0.05, 0) is 37.4 Å². The molecule has 1 N–H and O–H groups in total. The normalized spacial score (nSPS) is 17.2. The first-order valence-electron chi connectivity index (χ1n) is 6.28. The molecular weight excluding hydrogens is 236 g/mol. The molecule has 0 aromatic rings. The van der Waals surface area contributed by atoms with Crippen LogP contribution in [0, 0.1) is 5.92 Å². The van der Waals surface area contributed by atoms with Crippen LogP contribution in [-0.2, 0) is 9.47 Å². The third-order valence-corrected chi connectivity index (χ3v) is 3.51. The lowest BCUT2D eigenvalue weighted by molar-refractivity contribution is 0.119. The van der Waals surface area contributed by atoms with E-state index in [9.17, 15) is 0 Å². The molecule has 1 rings (SSSR count). The predicted molar refractivity (Wildman–Crippen MR) is 73.3 cm³/mol. The zero-order valence-electron chi connectivity index (χ0n) is 10.9. The summed E-state index contributed by atoms with van der Waals surface area (Å²) in [5, 5.41) is 4.17. The van der Waals surface area contributed by atoms with Gasteiger partial charge in [0, 0.05) is 47.1 Å². The van der Waals surface area contributed by atoms with Crippen LogP contribution in [0.15, 0.2) is 0 Å². The van der Waals surface area contributed by atoms with Crippen LogP contribution in [0.2, 0.25) is 0 Å². The molecule has 17 heavy (non-hydrogen) atoms. The van der Waals surface area contributed by atoms with Crippen molar-refractivity contribution in [1.82, 2.24) is 10.2 Å². The Bertz CT molecular complexity index is 219. The fourth-order valence-electron chi connectivity index (χ4n) is 2.06. The van der Waals surface area contributed by atoms with Gasteiger partial charge in [0.05, 0.1) is 0 Å². The van der Waals surface area contributed by atoms with Gasteiger partial charge in [0.2, 0.25) is 0 Å². The van der Waals surface area contributed by atoms with Crippen molar-refractivity contribution in [3.05, 3.63) is 0 Å². The highest BCUT2D eigenvalue weighted by Gasteiger charge is 2.20. The van der Waals surface area contributed by atoms with E-state index in [1.54, 1.807) is 14.2 Å². The molecule has 0 saturated carbocycles. The minimum absolute atomic E-state index is 0.701. The fourth-order valence-corrected chi connectivity index (χ4v) is 2.35. The molecule has 100 valence electrons. The van der Waals surface area contributed by atoms with Crippen LogP contribution in [-0.4, -0.2) is 57.1 Å². The lowest BCUT2D eigenvalue weighted by Gasteiger charge is -2.33. The van der Waals surface area contributed by atoms with Gasteiger partial charge >= 0.3 is 0 Å². The van der Waals surface area contributed by atoms with Gasteiger partial charge in [0.25, 0.3) is 0 Å². The molecule has 0 aromatic heterocycles. The number of hydrogen-bond donors (Lipinski definition) is 1. The predicted octanol–water partition coefficient (Wildman–Crippen LogP) is 1.26. The molecule has 1 heterocycles. The number of likely N-dealkylation sites (tertiary alicyclic amines) is 1. The summed E-state index contributed by atoms with van der Waals surface area (Å²) in [4.78, 5) is 2.26. The van der Waals surface area contributed by atoms with Crippen molar-refractivity contribution < 1.29 is 9.47 Å². The summed E-state index contributed by atoms with van der Waals surface area (Å²) in [6.07, 6.45) is 3.35. The monoisotopic (exact) mass is 260 g/mol. The van der Waals surface area contributed by atoms with Crippen LogP contribution < -0.4 is 5.32 Å². The Labute approximate surface area is 110 Å². The number of hydrogen-bond acceptors (Lipinski definition) is 3. The Morgan fingerprint density at radius 2 is 2.00 bits per heavy atom. The van der Waals surface area contributed by atoms with Crippen molar-refractivity contribution in [3.63, 3.8) is 0 Å². The van der Waals surface area contributed by atoms with Crippen LogP contribution in [0.4, 0.5) is 0 Å². The second-order valence-electron chi connectivity index (χ2n) is 4.46. The number of nitrogens with zero attached hydrogens (tertiary/aromatic N) is 1. The lowest BCUT2D eigenvalue weighted by Crippen LogP contribution is -2.45. The lowest BCUT2D eigenvalue weighted by atomic mass is 9.98. The second-order valence-corrected chi connectivity index (χ2v) is 4.85. The van der Waals surface area contributed by atoms with E-state index >= 15 is 0 Å². The molecule has 0 aliphatic carbocycles. The molecular formula is C12H24N2O2S. The number of methoxy groups -OCH3 is 2. The number of rotatable bonds is 6. The van der Waals surface area contributed by atoms with Gasteiger partial charge in [0.1, 0.15) is 0 Å². The van der Waals surface area contributed by atoms with E-state index in [0.29, 0.717) is 5.92 Å². The van der Waals surface area contributed by atoms with Crippen molar-refractivity contribution in [1.29, 1.82) is 0 Å². The van der Waals surface area contributed by atoms with Crippen molar-refractivity contribution >= 4 is 17.3 Å². The molecule has 0 atom stereocenters. The van der Waals surface area contributed by atoms with E-state index < -0.39 is 0 Å². The third-order valence-electron chi connectivity index (χ3n) is 3.11. The van der Waals surface area contributed by atoms with E-state index in [2.05, 4.69) is 10.2 Å². The van der Waals surface area contributed by atoms with Crippen LogP contribution >= 0.6 is 12.2 Å². The first-order valence-corrected chi connectivity index (χ1v) is 6.69. The average Bonchev–Trinajstić information content (AvgIpc) is 2.36. The van der Waals surface area contributed by atoms with E-state index in [1.807, 2.05) is 0 Å². The zero-order valence-corrected chi connectivity index (χ0v) is 11.7. The highest BCUT2D eigenvalue weighted by molar-refractivity contribution is 7.80. The van der Waals surface area contributed by atoms with Gasteiger partial charge in [-0.3, -0.25) is 0 Å². The Morgan fingerprint density at radius 1 is 1.29 bits per heavy atom. The number of ether oxygens (including phenoxy) is 2. The molecule has 0 spiro atoms. The van der Waals surface area contributed by atoms with Gasteiger partial charge in [-0.15, -0.1) is 0 Å². The summed E-state index contributed by atoms with van der Waals surface area (Å²) in [6, 6.07) is 0. The first kappa shape index (κ1) is 14.7. The Kier molecular flexibility index (Phi) is 7.48. The molecule has 1 aliphatic heterocycles. The minimum atomic E-state index is 0.701. The van der Waals surface area contributed by atoms with Crippen LogP contribution in [0.5, 0.6) is 0 Å². The van der Waals surface area contributed by atoms with Gasteiger partial charge in [-0.25, -0.2) is 0 Å². The maximum atomic E-state index is 5.37. The highest BCUT2D eigenvalue weighted by atomic mass is 32.1. The van der Waals surface area contributed by atoms with Crippen molar-refractivity contribution in [2.45, 2.75) is 19.3 Å². The van der Waals surface area contributed by atoms with E-state index in [4.69, 9.17) is 21.7 Å². The average molecular weight is 260 g/mol. The zero-order chi connectivity index (χ0) is 12.5. The maximum Gasteiger partial charge on any atom is 0.168 e. The van der Waals surface area contributed by atoms with Gasteiger partial charge in [-0.2, -0.15) is 0 Å². The van der Waals surface area contributed by atoms with Crippen LogP contribution in [0.25, 0.3) is 0 Å². The maximum absolute atomic E-state index is 5.37. The Hall–Kier alpha value is -0.390. The molecule has 0 unspecified atom stereocenters. The Balaban J connectivity index is 2.12. The van der Waals surface area contributed by atoms with Gasteiger partial charge < -0.3 is 19.7 Å². The van der Waals surface area contributed by atoms with Gasteiger partial charge in [0.15, 0.2) is 5.11 Å². The topological polar surface area (TPSA) is 33.7 Å². The first-order chi connectivity index (χ1) is 8.27. The molecule has 1 saturated heterocycles. The smallest absolute Gasteiger partial charge is 0.168 e. The molecule has 1 fully saturated rings. The van der Waals surface area contributed by atoms with Crippen molar-refractivity contribution in [3.8, 4) is 0 Å². The number of piperidine rings is 1. The summed E-state index contributed by atoms with van der Waals surface area (Å²) in [6.45, 7) is 4.65. The minimum Gasteiger partial charge on any atom is -0.385 e. The Morgan fingerprint density at radius 3 is 2.59 bits per heavy atom. The van der Waals surface area contributed by atoms with Crippen molar-refractivity contribution in [2.75, 3.05) is 47.1 Å². The largest absolute Gasteiger partial charge is 0.385 e. The number of thiocarbonyl (C=S) groups is 1. The summed E-state index contributed by atoms with van der Waals surface area (Å²) >= 11 is 5.37.